The number of aryl methyl sites for hydroxylation is 1. The minimum atomic E-state index is -0.0756. The van der Waals surface area contributed by atoms with Crippen LogP contribution in [0.2, 0.25) is 0 Å². The van der Waals surface area contributed by atoms with Crippen LogP contribution in [0.15, 0.2) is 6.20 Å². The predicted molar refractivity (Wildman–Crippen MR) is 76.7 cm³/mol. The molecule has 0 radical (unpaired) electrons. The van der Waals surface area contributed by atoms with Crippen molar-refractivity contribution < 1.29 is 4.79 Å². The lowest BCUT2D eigenvalue weighted by Gasteiger charge is -2.01. The zero-order valence-electron chi connectivity index (χ0n) is 11.4. The molecule has 0 aromatic carbocycles. The van der Waals surface area contributed by atoms with E-state index in [1.807, 2.05) is 27.1 Å². The quantitative estimate of drug-likeness (QED) is 0.575. The van der Waals surface area contributed by atoms with Gasteiger partial charge in [0, 0.05) is 32.3 Å². The van der Waals surface area contributed by atoms with Gasteiger partial charge in [0.05, 0.1) is 5.69 Å². The van der Waals surface area contributed by atoms with E-state index in [1.165, 1.54) is 0 Å². The van der Waals surface area contributed by atoms with E-state index in [0.717, 1.165) is 31.6 Å². The second-order valence-corrected chi connectivity index (χ2v) is 4.00. The van der Waals surface area contributed by atoms with Gasteiger partial charge in [-0.15, -0.1) is 5.10 Å². The molecular formula is C11H24N5OP. The van der Waals surface area contributed by atoms with Gasteiger partial charge in [0.25, 0.3) is 0 Å². The molecule has 0 bridgehead atoms. The number of carbonyl (C=O) groups excluding carboxylic acids is 1. The Hall–Kier alpha value is -1.00. The molecule has 2 N–H and O–H groups in total. The van der Waals surface area contributed by atoms with Gasteiger partial charge < -0.3 is 10.6 Å². The van der Waals surface area contributed by atoms with Gasteiger partial charge in [-0.3, -0.25) is 9.48 Å². The van der Waals surface area contributed by atoms with Crippen LogP contribution < -0.4 is 10.6 Å². The molecule has 1 rings (SSSR count). The van der Waals surface area contributed by atoms with E-state index in [-0.39, 0.29) is 5.65 Å². The molecule has 1 heterocycles. The van der Waals surface area contributed by atoms with Crippen molar-refractivity contribution in [3.05, 3.63) is 11.9 Å². The fourth-order valence-corrected chi connectivity index (χ4v) is 1.41. The summed E-state index contributed by atoms with van der Waals surface area (Å²) >= 11 is 0. The van der Waals surface area contributed by atoms with Crippen molar-refractivity contribution in [2.75, 3.05) is 20.1 Å². The van der Waals surface area contributed by atoms with Gasteiger partial charge in [0.15, 0.2) is 0 Å². The zero-order valence-corrected chi connectivity index (χ0v) is 12.6. The summed E-state index contributed by atoms with van der Waals surface area (Å²) in [5.74, 6) is 0. The summed E-state index contributed by atoms with van der Waals surface area (Å²) in [5.41, 5.74) is 0.915. The molecule has 0 saturated carbocycles. The van der Waals surface area contributed by atoms with Crippen LogP contribution in [-0.2, 0) is 13.0 Å². The van der Waals surface area contributed by atoms with Crippen LogP contribution in [0, 0.1) is 0 Å². The van der Waals surface area contributed by atoms with Crippen molar-refractivity contribution in [3.8, 4) is 0 Å². The highest BCUT2D eigenvalue weighted by Gasteiger charge is 1.99. The highest BCUT2D eigenvalue weighted by Crippen LogP contribution is 1.95. The van der Waals surface area contributed by atoms with Gasteiger partial charge in [-0.05, 0) is 22.7 Å². The molecule has 0 fully saturated rings. The highest BCUT2D eigenvalue weighted by molar-refractivity contribution is 7.39. The lowest BCUT2D eigenvalue weighted by Crippen LogP contribution is -2.18. The molecule has 0 saturated heterocycles. The molecule has 6 nitrogen and oxygen atoms in total. The van der Waals surface area contributed by atoms with Gasteiger partial charge >= 0.3 is 0 Å². The average Bonchev–Trinajstić information content (AvgIpc) is 2.82. The molecule has 7 heteroatoms. The Labute approximate surface area is 111 Å². The van der Waals surface area contributed by atoms with Crippen molar-refractivity contribution in [3.63, 3.8) is 0 Å². The Morgan fingerprint density at radius 1 is 1.44 bits per heavy atom. The first-order valence-electron chi connectivity index (χ1n) is 6.29. The van der Waals surface area contributed by atoms with Crippen LogP contribution in [0.3, 0.4) is 0 Å². The number of likely N-dealkylation sites (N-methyl/N-ethyl adjacent to an activating group) is 1. The van der Waals surface area contributed by atoms with Crippen LogP contribution in [0.25, 0.3) is 0 Å². The monoisotopic (exact) mass is 273 g/mol. The second kappa shape index (κ2) is 11.1. The van der Waals surface area contributed by atoms with Gasteiger partial charge in [-0.25, -0.2) is 0 Å². The number of carbonyl (C=O) groups is 1. The smallest absolute Gasteiger partial charge is 0.234 e. The summed E-state index contributed by atoms with van der Waals surface area (Å²) in [6, 6.07) is 0. The topological polar surface area (TPSA) is 71.8 Å². The Bertz CT molecular complexity index is 329. The maximum absolute atomic E-state index is 10.6. The maximum atomic E-state index is 10.6. The second-order valence-electron chi connectivity index (χ2n) is 3.47. The first kappa shape index (κ1) is 17.0. The molecule has 104 valence electrons. The Morgan fingerprint density at radius 3 is 2.78 bits per heavy atom. The molecule has 1 aromatic rings. The molecule has 1 unspecified atom stereocenters. The summed E-state index contributed by atoms with van der Waals surface area (Å²) in [5, 5.41) is 13.8. The molecule has 0 aliphatic carbocycles. The lowest BCUT2D eigenvalue weighted by atomic mass is 10.3. The Morgan fingerprint density at radius 2 is 2.17 bits per heavy atom. The normalized spacial score (nSPS) is 9.56. The summed E-state index contributed by atoms with van der Waals surface area (Å²) in [7, 11) is 4.00. The van der Waals surface area contributed by atoms with E-state index in [2.05, 4.69) is 30.2 Å². The third-order valence-corrected chi connectivity index (χ3v) is 2.28. The average molecular weight is 273 g/mol. The molecular weight excluding hydrogens is 249 g/mol. The van der Waals surface area contributed by atoms with Crippen LogP contribution in [-0.4, -0.2) is 40.8 Å². The van der Waals surface area contributed by atoms with Crippen molar-refractivity contribution >= 4 is 14.9 Å². The molecule has 0 spiro atoms. The largest absolute Gasteiger partial charge is 0.353 e. The molecule has 1 amide bonds. The standard InChI is InChI=1S/C9H18N5OP.C2H6/c1-10-5-3-8-7-14(13-12-8)6-2-4-11-9(15)16;1-2/h7,10H,2-6,16H2,1H3,(H,11,15);1-2H3. The summed E-state index contributed by atoms with van der Waals surface area (Å²) < 4.78 is 1.81. The van der Waals surface area contributed by atoms with Crippen molar-refractivity contribution in [1.29, 1.82) is 0 Å². The molecule has 1 aromatic heterocycles. The minimum Gasteiger partial charge on any atom is -0.353 e. The highest BCUT2D eigenvalue weighted by atomic mass is 31.0. The van der Waals surface area contributed by atoms with E-state index in [9.17, 15) is 4.79 Å². The Balaban J connectivity index is 0.00000137. The van der Waals surface area contributed by atoms with E-state index in [4.69, 9.17) is 0 Å². The van der Waals surface area contributed by atoms with E-state index >= 15 is 0 Å². The fourth-order valence-electron chi connectivity index (χ4n) is 1.27. The number of nitrogens with zero attached hydrogens (tertiary/aromatic N) is 3. The third-order valence-electron chi connectivity index (χ3n) is 2.08. The molecule has 0 aliphatic rings. The van der Waals surface area contributed by atoms with Crippen molar-refractivity contribution in [1.82, 2.24) is 25.6 Å². The first-order chi connectivity index (χ1) is 8.72. The van der Waals surface area contributed by atoms with E-state index in [1.54, 1.807) is 4.68 Å². The summed E-state index contributed by atoms with van der Waals surface area (Å²) in [6.45, 7) is 6.34. The fraction of sp³-hybridized carbons (Fsp3) is 0.727. The van der Waals surface area contributed by atoms with E-state index < -0.39 is 0 Å². The summed E-state index contributed by atoms with van der Waals surface area (Å²) in [4.78, 5) is 10.6. The van der Waals surface area contributed by atoms with Crippen LogP contribution in [0.1, 0.15) is 26.0 Å². The van der Waals surface area contributed by atoms with Crippen LogP contribution in [0.4, 0.5) is 4.79 Å². The SMILES string of the molecule is CC.CNCCc1cn(CCCNC(=O)P)nn1. The first-order valence-corrected chi connectivity index (χ1v) is 6.87. The number of aromatic nitrogens is 3. The maximum Gasteiger partial charge on any atom is 0.234 e. The molecule has 18 heavy (non-hydrogen) atoms. The number of rotatable bonds is 7. The van der Waals surface area contributed by atoms with Gasteiger partial charge in [-0.1, -0.05) is 19.1 Å². The third kappa shape index (κ3) is 8.14. The Kier molecular flexibility index (Phi) is 10.5. The van der Waals surface area contributed by atoms with Crippen LogP contribution >= 0.6 is 9.24 Å². The number of amides is 1. The number of hydrogen-bond donors (Lipinski definition) is 2. The van der Waals surface area contributed by atoms with Gasteiger partial charge in [0.2, 0.25) is 5.65 Å². The minimum absolute atomic E-state index is 0.0756. The number of nitrogens with one attached hydrogen (secondary N) is 2. The van der Waals surface area contributed by atoms with Crippen molar-refractivity contribution in [2.45, 2.75) is 33.2 Å². The molecule has 1 atom stereocenters. The zero-order chi connectivity index (χ0) is 13.8. The van der Waals surface area contributed by atoms with Gasteiger partial charge in [-0.2, -0.15) is 0 Å². The van der Waals surface area contributed by atoms with Crippen molar-refractivity contribution in [2.24, 2.45) is 0 Å². The summed E-state index contributed by atoms with van der Waals surface area (Å²) in [6.07, 6.45) is 3.69. The van der Waals surface area contributed by atoms with Gasteiger partial charge in [0.1, 0.15) is 0 Å². The molecule has 0 aliphatic heterocycles. The predicted octanol–water partition coefficient (Wildman–Crippen LogP) is 1.04. The lowest BCUT2D eigenvalue weighted by molar-refractivity contribution is 0.260. The van der Waals surface area contributed by atoms with Crippen LogP contribution in [0.5, 0.6) is 0 Å². The van der Waals surface area contributed by atoms with E-state index in [0.29, 0.717) is 6.54 Å². The number of hydrogen-bond acceptors (Lipinski definition) is 4.